The molecule has 0 fully saturated rings. The number of thiazole rings is 1. The Labute approximate surface area is 192 Å². The van der Waals surface area contributed by atoms with Crippen molar-refractivity contribution in [1.82, 2.24) is 4.98 Å². The highest BCUT2D eigenvalue weighted by molar-refractivity contribution is 7.90. The third-order valence-electron chi connectivity index (χ3n) is 4.09. The van der Waals surface area contributed by atoms with E-state index in [1.54, 1.807) is 48.6 Å². The lowest BCUT2D eigenvalue weighted by Gasteiger charge is -2.04. The molecule has 2 aromatic carbocycles. The summed E-state index contributed by atoms with van der Waals surface area (Å²) in [5.74, 6) is -0.334. The van der Waals surface area contributed by atoms with Gasteiger partial charge in [-0.3, -0.25) is 0 Å². The van der Waals surface area contributed by atoms with Crippen LogP contribution in [0.25, 0.3) is 27.3 Å². The molecule has 0 amide bonds. The summed E-state index contributed by atoms with van der Waals surface area (Å²) in [5.41, 5.74) is 2.81. The van der Waals surface area contributed by atoms with Crippen LogP contribution in [0, 0.1) is 5.82 Å². The molecule has 0 N–H and O–H groups in total. The van der Waals surface area contributed by atoms with E-state index in [2.05, 4.69) is 18.1 Å². The first-order valence-electron chi connectivity index (χ1n) is 9.28. The Morgan fingerprint density at radius 2 is 1.58 bits per heavy atom. The van der Waals surface area contributed by atoms with Crippen molar-refractivity contribution in [3.8, 4) is 21.7 Å². The van der Waals surface area contributed by atoms with E-state index < -0.39 is 9.84 Å². The Morgan fingerprint density at radius 3 is 2.06 bits per heavy atom. The van der Waals surface area contributed by atoms with Crippen molar-refractivity contribution < 1.29 is 12.8 Å². The summed E-state index contributed by atoms with van der Waals surface area (Å²) >= 11 is 7.61. The van der Waals surface area contributed by atoms with Crippen LogP contribution in [-0.4, -0.2) is 19.7 Å². The van der Waals surface area contributed by atoms with Crippen LogP contribution in [-0.2, 0) is 9.84 Å². The molecule has 0 aliphatic heterocycles. The molecule has 31 heavy (non-hydrogen) atoms. The van der Waals surface area contributed by atoms with E-state index in [-0.39, 0.29) is 10.7 Å². The zero-order valence-corrected chi connectivity index (χ0v) is 19.9. The van der Waals surface area contributed by atoms with Crippen LogP contribution in [0.1, 0.15) is 18.9 Å². The standard InChI is InChI=1S/C21H17ClFNO2S2.C3H6/c1-4-18(22)13(2)21-24-19(14-5-9-16(23)10-6-14)20(27-21)15-7-11-17(12-8-15)28(3,25)26;1-3-2/h4-12H,2H2,1,3H3;3H,1H2,2H3/b18-4+;. The lowest BCUT2D eigenvalue weighted by atomic mass is 10.1. The van der Waals surface area contributed by atoms with Crippen LogP contribution in [0.5, 0.6) is 0 Å². The molecule has 3 rings (SSSR count). The third kappa shape index (κ3) is 6.23. The number of allylic oxidation sites excluding steroid dienone is 4. The highest BCUT2D eigenvalue weighted by atomic mass is 35.5. The molecule has 0 aliphatic carbocycles. The monoisotopic (exact) mass is 475 g/mol. The second-order valence-corrected chi connectivity index (χ2v) is 9.95. The van der Waals surface area contributed by atoms with E-state index in [9.17, 15) is 12.8 Å². The van der Waals surface area contributed by atoms with E-state index in [1.807, 2.05) is 13.8 Å². The molecule has 0 spiro atoms. The van der Waals surface area contributed by atoms with Gasteiger partial charge in [0.15, 0.2) is 9.84 Å². The summed E-state index contributed by atoms with van der Waals surface area (Å²) in [5, 5.41) is 1.14. The molecule has 7 heteroatoms. The van der Waals surface area contributed by atoms with Gasteiger partial charge in [0.1, 0.15) is 10.8 Å². The number of nitrogens with zero attached hydrogens (tertiary/aromatic N) is 1. The highest BCUT2D eigenvalue weighted by Crippen LogP contribution is 2.40. The largest absolute Gasteiger partial charge is 0.235 e. The molecule has 3 nitrogen and oxygen atoms in total. The van der Waals surface area contributed by atoms with Gasteiger partial charge in [-0.1, -0.05) is 42.5 Å². The van der Waals surface area contributed by atoms with Crippen molar-refractivity contribution in [2.75, 3.05) is 6.26 Å². The minimum Gasteiger partial charge on any atom is -0.235 e. The van der Waals surface area contributed by atoms with E-state index in [1.165, 1.54) is 29.7 Å². The molecule has 162 valence electrons. The fourth-order valence-corrected chi connectivity index (χ4v) is 4.43. The first-order chi connectivity index (χ1) is 14.6. The SMILES string of the molecule is C=C(/C(Cl)=C\C)c1nc(-c2ccc(F)cc2)c(-c2ccc(S(C)(=O)=O)cc2)s1.C=CC. The van der Waals surface area contributed by atoms with E-state index >= 15 is 0 Å². The fraction of sp³-hybridized carbons (Fsp3) is 0.125. The topological polar surface area (TPSA) is 47.0 Å². The molecule has 0 unspecified atom stereocenters. The molecule has 1 heterocycles. The maximum atomic E-state index is 13.4. The predicted octanol–water partition coefficient (Wildman–Crippen LogP) is 7.37. The van der Waals surface area contributed by atoms with Crippen LogP contribution < -0.4 is 0 Å². The number of rotatable bonds is 5. The summed E-state index contributed by atoms with van der Waals surface area (Å²) in [7, 11) is -3.28. The van der Waals surface area contributed by atoms with Gasteiger partial charge in [-0.2, -0.15) is 0 Å². The highest BCUT2D eigenvalue weighted by Gasteiger charge is 2.18. The number of hydrogen-bond donors (Lipinski definition) is 0. The van der Waals surface area contributed by atoms with Crippen molar-refractivity contribution >= 4 is 38.3 Å². The Bertz CT molecular complexity index is 1210. The predicted molar refractivity (Wildman–Crippen MR) is 131 cm³/mol. The van der Waals surface area contributed by atoms with Crippen LogP contribution in [0.2, 0.25) is 0 Å². The summed E-state index contributed by atoms with van der Waals surface area (Å²) in [6, 6.07) is 12.7. The normalized spacial score (nSPS) is 11.5. The molecule has 3 aromatic rings. The fourth-order valence-electron chi connectivity index (χ4n) is 2.58. The second kappa shape index (κ2) is 10.7. The van der Waals surface area contributed by atoms with Crippen molar-refractivity contribution in [3.63, 3.8) is 0 Å². The molecule has 1 aromatic heterocycles. The van der Waals surface area contributed by atoms with Gasteiger partial charge in [0.25, 0.3) is 0 Å². The van der Waals surface area contributed by atoms with Crippen molar-refractivity contribution in [3.05, 3.63) is 89.7 Å². The van der Waals surface area contributed by atoms with Crippen molar-refractivity contribution in [2.45, 2.75) is 18.7 Å². The molecule has 0 radical (unpaired) electrons. The number of benzene rings is 2. The molecule has 0 saturated heterocycles. The van der Waals surface area contributed by atoms with Crippen LogP contribution in [0.15, 0.2) is 83.8 Å². The average molecular weight is 476 g/mol. The van der Waals surface area contributed by atoms with E-state index in [0.717, 1.165) is 16.0 Å². The number of sulfone groups is 1. The maximum absolute atomic E-state index is 13.4. The maximum Gasteiger partial charge on any atom is 0.175 e. The summed E-state index contributed by atoms with van der Waals surface area (Å²) in [4.78, 5) is 5.74. The first-order valence-corrected chi connectivity index (χ1v) is 12.4. The zero-order valence-electron chi connectivity index (χ0n) is 17.5. The van der Waals surface area contributed by atoms with Gasteiger partial charge < -0.3 is 0 Å². The van der Waals surface area contributed by atoms with Crippen LogP contribution >= 0.6 is 22.9 Å². The average Bonchev–Trinajstić information content (AvgIpc) is 3.18. The number of halogens is 2. The summed E-state index contributed by atoms with van der Waals surface area (Å²) in [6.07, 6.45) is 4.66. The number of hydrogen-bond acceptors (Lipinski definition) is 4. The van der Waals surface area contributed by atoms with Crippen LogP contribution in [0.3, 0.4) is 0 Å². The lowest BCUT2D eigenvalue weighted by molar-refractivity contribution is 0.602. The second-order valence-electron chi connectivity index (χ2n) is 6.52. The Morgan fingerprint density at radius 1 is 1.06 bits per heavy atom. The molecule has 0 bridgehead atoms. The summed E-state index contributed by atoms with van der Waals surface area (Å²) in [6.45, 7) is 11.1. The minimum absolute atomic E-state index is 0.241. The molecular formula is C24H23ClFNO2S2. The Kier molecular flexibility index (Phi) is 8.51. The molecule has 0 atom stereocenters. The smallest absolute Gasteiger partial charge is 0.175 e. The van der Waals surface area contributed by atoms with Gasteiger partial charge in [-0.25, -0.2) is 17.8 Å². The van der Waals surface area contributed by atoms with Gasteiger partial charge in [-0.15, -0.1) is 17.9 Å². The van der Waals surface area contributed by atoms with Crippen molar-refractivity contribution in [1.29, 1.82) is 0 Å². The van der Waals surface area contributed by atoms with E-state index in [4.69, 9.17) is 11.6 Å². The zero-order chi connectivity index (χ0) is 23.2. The van der Waals surface area contributed by atoms with Gasteiger partial charge in [0, 0.05) is 22.4 Å². The third-order valence-corrected chi connectivity index (χ3v) is 6.83. The molecule has 0 saturated carbocycles. The van der Waals surface area contributed by atoms with Crippen molar-refractivity contribution in [2.24, 2.45) is 0 Å². The van der Waals surface area contributed by atoms with E-state index in [0.29, 0.717) is 21.3 Å². The Balaban J connectivity index is 0.00000107. The minimum atomic E-state index is -3.28. The van der Waals surface area contributed by atoms with Gasteiger partial charge in [0.05, 0.1) is 15.5 Å². The van der Waals surface area contributed by atoms with Crippen LogP contribution in [0.4, 0.5) is 4.39 Å². The Hall–Kier alpha value is -2.54. The molecule has 0 aliphatic rings. The van der Waals surface area contributed by atoms with Gasteiger partial charge in [0.2, 0.25) is 0 Å². The lowest BCUT2D eigenvalue weighted by Crippen LogP contribution is -1.96. The number of aromatic nitrogens is 1. The first kappa shape index (κ1) is 24.7. The summed E-state index contributed by atoms with van der Waals surface area (Å²) < 4.78 is 36.8. The molecular weight excluding hydrogens is 453 g/mol. The van der Waals surface area contributed by atoms with Gasteiger partial charge >= 0.3 is 0 Å². The van der Waals surface area contributed by atoms with Gasteiger partial charge in [-0.05, 0) is 55.8 Å². The quantitative estimate of drug-likeness (QED) is 0.286.